The van der Waals surface area contributed by atoms with Crippen LogP contribution in [0, 0.1) is 23.2 Å². The van der Waals surface area contributed by atoms with E-state index in [1.165, 1.54) is 50.7 Å². The molecule has 0 bridgehead atoms. The van der Waals surface area contributed by atoms with Crippen LogP contribution < -0.4 is 0 Å². The highest BCUT2D eigenvalue weighted by Gasteiger charge is 2.45. The van der Waals surface area contributed by atoms with Crippen LogP contribution in [0.1, 0.15) is 95.1 Å². The van der Waals surface area contributed by atoms with Gasteiger partial charge in [0.2, 0.25) is 0 Å². The van der Waals surface area contributed by atoms with Crippen LogP contribution in [0.15, 0.2) is 24.3 Å². The molecule has 1 unspecified atom stereocenters. The van der Waals surface area contributed by atoms with Gasteiger partial charge in [-0.1, -0.05) is 45.2 Å². The molecule has 3 nitrogen and oxygen atoms in total. The molecular formula is C28H40F3NO2. The van der Waals surface area contributed by atoms with Gasteiger partial charge >= 0.3 is 12.1 Å². The van der Waals surface area contributed by atoms with Gasteiger partial charge < -0.3 is 5.11 Å². The summed E-state index contributed by atoms with van der Waals surface area (Å²) in [5.41, 5.74) is 0.677. The van der Waals surface area contributed by atoms with Gasteiger partial charge in [-0.05, 0) is 85.3 Å². The Balaban J connectivity index is 1.62. The molecule has 0 radical (unpaired) electrons. The minimum Gasteiger partial charge on any atom is -0.481 e. The number of carboxylic acid groups (broad SMARTS) is 1. The van der Waals surface area contributed by atoms with Crippen molar-refractivity contribution in [1.82, 2.24) is 4.90 Å². The molecule has 34 heavy (non-hydrogen) atoms. The number of hydrogen-bond donors (Lipinski definition) is 1. The highest BCUT2D eigenvalue weighted by atomic mass is 19.4. The fraction of sp³-hybridized carbons (Fsp3) is 0.750. The third-order valence-corrected chi connectivity index (χ3v) is 9.08. The zero-order valence-corrected chi connectivity index (χ0v) is 20.6. The number of likely N-dealkylation sites (tertiary alicyclic amines) is 1. The molecule has 3 fully saturated rings. The SMILES string of the molecule is CC(C)C1CN([C@@H]2CC[C@@H](CC(=O)O)C[C@H]2c2ccc(C(F)(F)F)cc2)CC2(CCCCC2)C1. The fourth-order valence-electron chi connectivity index (χ4n) is 7.23. The molecule has 6 heteroatoms. The van der Waals surface area contributed by atoms with Crippen molar-refractivity contribution < 1.29 is 23.1 Å². The molecule has 3 aliphatic rings. The molecule has 190 valence electrons. The Morgan fingerprint density at radius 2 is 1.79 bits per heavy atom. The number of alkyl halides is 3. The summed E-state index contributed by atoms with van der Waals surface area (Å²) in [6.07, 6.45) is 6.11. The van der Waals surface area contributed by atoms with Gasteiger partial charge in [0.25, 0.3) is 0 Å². The second kappa shape index (κ2) is 10.2. The van der Waals surface area contributed by atoms with E-state index in [-0.39, 0.29) is 24.3 Å². The molecule has 1 saturated heterocycles. The minimum absolute atomic E-state index is 0.0759. The molecule has 1 aromatic carbocycles. The van der Waals surface area contributed by atoms with Crippen molar-refractivity contribution in [3.8, 4) is 0 Å². The van der Waals surface area contributed by atoms with Crippen molar-refractivity contribution in [2.75, 3.05) is 13.1 Å². The number of carboxylic acids is 1. The molecule has 1 aliphatic heterocycles. The molecule has 1 spiro atoms. The first-order valence-corrected chi connectivity index (χ1v) is 13.2. The summed E-state index contributed by atoms with van der Waals surface area (Å²) in [6.45, 7) is 6.77. The van der Waals surface area contributed by atoms with E-state index in [1.807, 2.05) is 0 Å². The van der Waals surface area contributed by atoms with Crippen LogP contribution in [0.2, 0.25) is 0 Å². The van der Waals surface area contributed by atoms with E-state index in [2.05, 4.69) is 18.7 Å². The number of aliphatic carboxylic acids is 1. The van der Waals surface area contributed by atoms with Gasteiger partial charge in [0.05, 0.1) is 5.56 Å². The monoisotopic (exact) mass is 479 g/mol. The number of halogens is 3. The average molecular weight is 480 g/mol. The summed E-state index contributed by atoms with van der Waals surface area (Å²) >= 11 is 0. The lowest BCUT2D eigenvalue weighted by atomic mass is 9.63. The van der Waals surface area contributed by atoms with Crippen molar-refractivity contribution in [2.24, 2.45) is 23.2 Å². The van der Waals surface area contributed by atoms with E-state index < -0.39 is 17.7 Å². The van der Waals surface area contributed by atoms with Gasteiger partial charge in [-0.25, -0.2) is 0 Å². The Morgan fingerprint density at radius 1 is 1.12 bits per heavy atom. The van der Waals surface area contributed by atoms with Crippen LogP contribution in [0.3, 0.4) is 0 Å². The van der Waals surface area contributed by atoms with E-state index in [0.29, 0.717) is 17.3 Å². The predicted molar refractivity (Wildman–Crippen MR) is 128 cm³/mol. The number of benzene rings is 1. The summed E-state index contributed by atoms with van der Waals surface area (Å²) in [5.74, 6) is 0.613. The lowest BCUT2D eigenvalue weighted by Crippen LogP contribution is -2.55. The normalized spacial score (nSPS) is 30.5. The molecule has 1 aromatic rings. The lowest BCUT2D eigenvalue weighted by molar-refractivity contribution is -0.139. The molecule has 1 heterocycles. The Morgan fingerprint density at radius 3 is 2.38 bits per heavy atom. The molecule has 2 aliphatic carbocycles. The summed E-state index contributed by atoms with van der Waals surface area (Å²) in [5, 5.41) is 9.39. The van der Waals surface area contributed by atoms with E-state index in [9.17, 15) is 23.1 Å². The van der Waals surface area contributed by atoms with Crippen molar-refractivity contribution in [3.63, 3.8) is 0 Å². The molecule has 4 rings (SSSR count). The molecule has 4 atom stereocenters. The van der Waals surface area contributed by atoms with Crippen LogP contribution in [0.4, 0.5) is 13.2 Å². The number of piperidine rings is 1. The first-order valence-electron chi connectivity index (χ1n) is 13.2. The Labute approximate surface area is 202 Å². The zero-order valence-electron chi connectivity index (χ0n) is 20.6. The first-order chi connectivity index (χ1) is 16.1. The predicted octanol–water partition coefficient (Wildman–Crippen LogP) is 7.36. The van der Waals surface area contributed by atoms with Gasteiger partial charge in [-0.2, -0.15) is 13.2 Å². The van der Waals surface area contributed by atoms with E-state index >= 15 is 0 Å². The van der Waals surface area contributed by atoms with Crippen molar-refractivity contribution in [1.29, 1.82) is 0 Å². The van der Waals surface area contributed by atoms with Gasteiger partial charge in [-0.15, -0.1) is 0 Å². The molecule has 1 N–H and O–H groups in total. The van der Waals surface area contributed by atoms with Gasteiger partial charge in [-0.3, -0.25) is 9.69 Å². The highest BCUT2D eigenvalue weighted by molar-refractivity contribution is 5.67. The average Bonchev–Trinajstić information content (AvgIpc) is 2.78. The Bertz CT molecular complexity index is 829. The van der Waals surface area contributed by atoms with Crippen LogP contribution in [0.5, 0.6) is 0 Å². The van der Waals surface area contributed by atoms with Crippen molar-refractivity contribution in [2.45, 2.75) is 96.2 Å². The summed E-state index contributed by atoms with van der Waals surface area (Å²) in [4.78, 5) is 14.1. The molecule has 2 saturated carbocycles. The first kappa shape index (κ1) is 25.5. The summed E-state index contributed by atoms with van der Waals surface area (Å²) in [6, 6.07) is 5.95. The quantitative estimate of drug-likeness (QED) is 0.480. The van der Waals surface area contributed by atoms with Gasteiger partial charge in [0, 0.05) is 25.6 Å². The summed E-state index contributed by atoms with van der Waals surface area (Å²) in [7, 11) is 0. The van der Waals surface area contributed by atoms with Gasteiger partial charge in [0.15, 0.2) is 0 Å². The number of carbonyl (C=O) groups is 1. The number of rotatable bonds is 5. The lowest BCUT2D eigenvalue weighted by Gasteiger charge is -2.54. The van der Waals surface area contributed by atoms with E-state index in [4.69, 9.17) is 0 Å². The standard InChI is InChI=1S/C28H40F3NO2/c1-19(2)22-16-27(12-4-3-5-13-27)18-32(17-22)25-11-6-20(15-26(33)34)14-24(25)21-7-9-23(10-8-21)28(29,30)31/h7-10,19-20,22,24-25H,3-6,11-18H2,1-2H3,(H,33,34)/t20-,22?,24+,25-/m1/s1. The number of nitrogens with zero attached hydrogens (tertiary/aromatic N) is 1. The Kier molecular flexibility index (Phi) is 7.66. The molecule has 0 aromatic heterocycles. The van der Waals surface area contributed by atoms with Crippen LogP contribution >= 0.6 is 0 Å². The zero-order chi connectivity index (χ0) is 24.5. The highest BCUT2D eigenvalue weighted by Crippen LogP contribution is 2.50. The maximum absolute atomic E-state index is 13.2. The van der Waals surface area contributed by atoms with E-state index in [1.54, 1.807) is 12.1 Å². The molecular weight excluding hydrogens is 439 g/mol. The van der Waals surface area contributed by atoms with Crippen molar-refractivity contribution in [3.05, 3.63) is 35.4 Å². The van der Waals surface area contributed by atoms with Crippen LogP contribution in [-0.2, 0) is 11.0 Å². The third-order valence-electron chi connectivity index (χ3n) is 9.08. The maximum Gasteiger partial charge on any atom is 0.416 e. The summed E-state index contributed by atoms with van der Waals surface area (Å²) < 4.78 is 39.5. The van der Waals surface area contributed by atoms with E-state index in [0.717, 1.165) is 37.9 Å². The van der Waals surface area contributed by atoms with Crippen LogP contribution in [-0.4, -0.2) is 35.1 Å². The number of hydrogen-bond acceptors (Lipinski definition) is 2. The van der Waals surface area contributed by atoms with Crippen molar-refractivity contribution >= 4 is 5.97 Å². The Hall–Kier alpha value is -1.56. The second-order valence-electron chi connectivity index (χ2n) is 11.8. The molecule has 0 amide bonds. The fourth-order valence-corrected chi connectivity index (χ4v) is 7.23. The second-order valence-corrected chi connectivity index (χ2v) is 11.8. The van der Waals surface area contributed by atoms with Gasteiger partial charge in [0.1, 0.15) is 0 Å². The third kappa shape index (κ3) is 5.80. The largest absolute Gasteiger partial charge is 0.481 e. The minimum atomic E-state index is -4.35. The smallest absolute Gasteiger partial charge is 0.416 e. The maximum atomic E-state index is 13.2. The topological polar surface area (TPSA) is 40.5 Å². The van der Waals surface area contributed by atoms with Crippen LogP contribution in [0.25, 0.3) is 0 Å².